The smallest absolute Gasteiger partial charge is 0.122 e. The van der Waals surface area contributed by atoms with Crippen molar-refractivity contribution in [1.82, 2.24) is 9.78 Å². The molecule has 1 aliphatic carbocycles. The Labute approximate surface area is 72.6 Å². The lowest BCUT2D eigenvalue weighted by molar-refractivity contribution is 0.471. The maximum absolute atomic E-state index is 5.82. The van der Waals surface area contributed by atoms with Gasteiger partial charge in [0.15, 0.2) is 0 Å². The molecular formula is C9H15N3. The molecule has 2 rings (SSSR count). The van der Waals surface area contributed by atoms with Crippen molar-refractivity contribution in [1.29, 1.82) is 0 Å². The Morgan fingerprint density at radius 1 is 1.50 bits per heavy atom. The van der Waals surface area contributed by atoms with Gasteiger partial charge in [-0.15, -0.1) is 0 Å². The molecule has 3 heteroatoms. The van der Waals surface area contributed by atoms with E-state index in [-0.39, 0.29) is 0 Å². The molecule has 0 atom stereocenters. The number of aromatic nitrogens is 2. The lowest BCUT2D eigenvalue weighted by Crippen LogP contribution is -2.09. The van der Waals surface area contributed by atoms with Crippen LogP contribution < -0.4 is 5.73 Å². The molecule has 0 spiro atoms. The predicted octanol–water partition coefficient (Wildman–Crippen LogP) is 1.89. The summed E-state index contributed by atoms with van der Waals surface area (Å²) in [5.74, 6) is 0.819. The average Bonchev–Trinajstić information content (AvgIpc) is 2.58. The molecule has 1 heterocycles. The van der Waals surface area contributed by atoms with E-state index in [2.05, 4.69) is 5.10 Å². The number of nitrogen functional groups attached to an aromatic ring is 1. The first kappa shape index (κ1) is 7.65. The van der Waals surface area contributed by atoms with Crippen LogP contribution in [0.2, 0.25) is 0 Å². The standard InChI is InChI=1S/C9H15N3/c1-7-6-9(10)12(11-7)8-4-2-3-5-8/h6,8H,2-5,10H2,1H3. The number of aryl methyl sites for hydroxylation is 1. The third-order valence-corrected chi connectivity index (χ3v) is 2.56. The first-order chi connectivity index (χ1) is 5.77. The lowest BCUT2D eigenvalue weighted by Gasteiger charge is -2.10. The highest BCUT2D eigenvalue weighted by atomic mass is 15.3. The molecule has 0 saturated heterocycles. The van der Waals surface area contributed by atoms with E-state index in [1.165, 1.54) is 25.7 Å². The van der Waals surface area contributed by atoms with Crippen LogP contribution in [0.1, 0.15) is 37.4 Å². The van der Waals surface area contributed by atoms with Gasteiger partial charge in [0.25, 0.3) is 0 Å². The van der Waals surface area contributed by atoms with E-state index in [0.29, 0.717) is 6.04 Å². The zero-order valence-corrected chi connectivity index (χ0v) is 7.45. The Hall–Kier alpha value is -0.990. The van der Waals surface area contributed by atoms with Crippen LogP contribution in [0.3, 0.4) is 0 Å². The van der Waals surface area contributed by atoms with Gasteiger partial charge >= 0.3 is 0 Å². The topological polar surface area (TPSA) is 43.8 Å². The zero-order valence-electron chi connectivity index (χ0n) is 7.45. The molecule has 66 valence electrons. The number of anilines is 1. The second kappa shape index (κ2) is 2.81. The summed E-state index contributed by atoms with van der Waals surface area (Å²) in [4.78, 5) is 0. The van der Waals surface area contributed by atoms with Crippen molar-refractivity contribution in [2.45, 2.75) is 38.6 Å². The first-order valence-corrected chi connectivity index (χ1v) is 4.59. The van der Waals surface area contributed by atoms with Crippen LogP contribution in [0.5, 0.6) is 0 Å². The predicted molar refractivity (Wildman–Crippen MR) is 48.9 cm³/mol. The van der Waals surface area contributed by atoms with E-state index in [9.17, 15) is 0 Å². The fourth-order valence-electron chi connectivity index (χ4n) is 1.98. The normalized spacial score (nSPS) is 18.8. The molecule has 12 heavy (non-hydrogen) atoms. The lowest BCUT2D eigenvalue weighted by atomic mass is 10.2. The highest BCUT2D eigenvalue weighted by Crippen LogP contribution is 2.30. The van der Waals surface area contributed by atoms with Crippen molar-refractivity contribution in [3.8, 4) is 0 Å². The first-order valence-electron chi connectivity index (χ1n) is 4.59. The fourth-order valence-corrected chi connectivity index (χ4v) is 1.98. The van der Waals surface area contributed by atoms with Gasteiger partial charge in [-0.3, -0.25) is 0 Å². The zero-order chi connectivity index (χ0) is 8.55. The van der Waals surface area contributed by atoms with Gasteiger partial charge in [0, 0.05) is 6.07 Å². The highest BCUT2D eigenvalue weighted by molar-refractivity contribution is 5.30. The van der Waals surface area contributed by atoms with Crippen molar-refractivity contribution in [3.63, 3.8) is 0 Å². The van der Waals surface area contributed by atoms with Crippen molar-refractivity contribution in [3.05, 3.63) is 11.8 Å². The maximum Gasteiger partial charge on any atom is 0.122 e. The van der Waals surface area contributed by atoms with Gasteiger partial charge in [0.1, 0.15) is 5.82 Å². The van der Waals surface area contributed by atoms with Crippen LogP contribution in [0.15, 0.2) is 6.07 Å². The Kier molecular flexibility index (Phi) is 1.79. The van der Waals surface area contributed by atoms with Gasteiger partial charge in [-0.25, -0.2) is 4.68 Å². The molecule has 1 saturated carbocycles. The molecule has 1 aliphatic rings. The van der Waals surface area contributed by atoms with Crippen LogP contribution in [0.25, 0.3) is 0 Å². The van der Waals surface area contributed by atoms with Crippen LogP contribution in [0, 0.1) is 6.92 Å². The third kappa shape index (κ3) is 1.19. The van der Waals surface area contributed by atoms with E-state index in [0.717, 1.165) is 11.5 Å². The minimum absolute atomic E-state index is 0.568. The molecule has 0 unspecified atom stereocenters. The number of hydrogen-bond donors (Lipinski definition) is 1. The Morgan fingerprint density at radius 2 is 2.17 bits per heavy atom. The molecule has 0 bridgehead atoms. The quantitative estimate of drug-likeness (QED) is 0.690. The van der Waals surface area contributed by atoms with Crippen LogP contribution in [0.4, 0.5) is 5.82 Å². The number of nitrogens with zero attached hydrogens (tertiary/aromatic N) is 2. The highest BCUT2D eigenvalue weighted by Gasteiger charge is 2.19. The van der Waals surface area contributed by atoms with Crippen molar-refractivity contribution in [2.24, 2.45) is 0 Å². The van der Waals surface area contributed by atoms with Gasteiger partial charge < -0.3 is 5.73 Å². The molecule has 2 N–H and O–H groups in total. The second-order valence-electron chi connectivity index (χ2n) is 3.59. The Balaban J connectivity index is 2.25. The summed E-state index contributed by atoms with van der Waals surface area (Å²) in [5.41, 5.74) is 6.85. The number of nitrogens with two attached hydrogens (primary N) is 1. The van der Waals surface area contributed by atoms with E-state index in [1.807, 2.05) is 17.7 Å². The van der Waals surface area contributed by atoms with Gasteiger partial charge in [-0.1, -0.05) is 12.8 Å². The summed E-state index contributed by atoms with van der Waals surface area (Å²) >= 11 is 0. The van der Waals surface area contributed by atoms with Gasteiger partial charge in [-0.2, -0.15) is 5.10 Å². The Bertz CT molecular complexity index is 271. The molecule has 0 aliphatic heterocycles. The number of rotatable bonds is 1. The summed E-state index contributed by atoms with van der Waals surface area (Å²) in [6.07, 6.45) is 5.13. The summed E-state index contributed by atoms with van der Waals surface area (Å²) in [5, 5.41) is 4.38. The van der Waals surface area contributed by atoms with Crippen molar-refractivity contribution in [2.75, 3.05) is 5.73 Å². The van der Waals surface area contributed by atoms with Gasteiger partial charge in [-0.05, 0) is 19.8 Å². The van der Waals surface area contributed by atoms with Crippen LogP contribution >= 0.6 is 0 Å². The minimum atomic E-state index is 0.568. The van der Waals surface area contributed by atoms with E-state index in [4.69, 9.17) is 5.73 Å². The van der Waals surface area contributed by atoms with Crippen molar-refractivity contribution >= 4 is 5.82 Å². The van der Waals surface area contributed by atoms with Crippen LogP contribution in [-0.4, -0.2) is 9.78 Å². The summed E-state index contributed by atoms with van der Waals surface area (Å²) in [6, 6.07) is 2.51. The molecule has 1 aromatic heterocycles. The van der Waals surface area contributed by atoms with Crippen molar-refractivity contribution < 1.29 is 0 Å². The maximum atomic E-state index is 5.82. The molecule has 0 aromatic carbocycles. The van der Waals surface area contributed by atoms with Gasteiger partial charge in [0.2, 0.25) is 0 Å². The number of hydrogen-bond acceptors (Lipinski definition) is 2. The van der Waals surface area contributed by atoms with Gasteiger partial charge in [0.05, 0.1) is 11.7 Å². The molecule has 1 fully saturated rings. The van der Waals surface area contributed by atoms with E-state index in [1.54, 1.807) is 0 Å². The largest absolute Gasteiger partial charge is 0.384 e. The molecular weight excluding hydrogens is 150 g/mol. The molecule has 1 aromatic rings. The Morgan fingerprint density at radius 3 is 2.67 bits per heavy atom. The summed E-state index contributed by atoms with van der Waals surface area (Å²) in [6.45, 7) is 1.99. The van der Waals surface area contributed by atoms with E-state index < -0.39 is 0 Å². The van der Waals surface area contributed by atoms with E-state index >= 15 is 0 Å². The minimum Gasteiger partial charge on any atom is -0.384 e. The molecule has 0 amide bonds. The monoisotopic (exact) mass is 165 g/mol. The SMILES string of the molecule is Cc1cc(N)n(C2CCCC2)n1. The third-order valence-electron chi connectivity index (χ3n) is 2.56. The van der Waals surface area contributed by atoms with Crippen LogP contribution in [-0.2, 0) is 0 Å². The fraction of sp³-hybridized carbons (Fsp3) is 0.667. The molecule has 0 radical (unpaired) electrons. The molecule has 3 nitrogen and oxygen atoms in total. The summed E-state index contributed by atoms with van der Waals surface area (Å²) in [7, 11) is 0. The second-order valence-corrected chi connectivity index (χ2v) is 3.59. The summed E-state index contributed by atoms with van der Waals surface area (Å²) < 4.78 is 1.99. The average molecular weight is 165 g/mol.